The molecular formula is C15H27NO2. The molecule has 18 heavy (non-hydrogen) atoms. The molecule has 3 heteroatoms. The van der Waals surface area contributed by atoms with Gasteiger partial charge in [-0.2, -0.15) is 0 Å². The van der Waals surface area contributed by atoms with Crippen molar-refractivity contribution in [1.82, 2.24) is 5.32 Å². The molecule has 1 spiro atoms. The maximum Gasteiger partial charge on any atom is 0.114 e. The highest BCUT2D eigenvalue weighted by Gasteiger charge is 2.63. The Hall–Kier alpha value is -0.120. The van der Waals surface area contributed by atoms with Crippen molar-refractivity contribution in [2.45, 2.75) is 76.2 Å². The van der Waals surface area contributed by atoms with Crippen LogP contribution in [0.5, 0.6) is 0 Å². The minimum Gasteiger partial charge on any atom is -0.369 e. The van der Waals surface area contributed by atoms with Crippen molar-refractivity contribution in [2.24, 2.45) is 5.92 Å². The molecule has 0 aromatic heterocycles. The van der Waals surface area contributed by atoms with Gasteiger partial charge in [0, 0.05) is 19.0 Å². The van der Waals surface area contributed by atoms with Gasteiger partial charge >= 0.3 is 0 Å². The van der Waals surface area contributed by atoms with E-state index in [0.29, 0.717) is 6.04 Å². The molecular weight excluding hydrogens is 226 g/mol. The Bertz CT molecular complexity index is 335. The van der Waals surface area contributed by atoms with Crippen LogP contribution in [0.4, 0.5) is 0 Å². The molecule has 1 aliphatic carbocycles. The Labute approximate surface area is 111 Å². The number of rotatable bonds is 2. The van der Waals surface area contributed by atoms with Crippen LogP contribution in [0, 0.1) is 5.92 Å². The van der Waals surface area contributed by atoms with Crippen molar-refractivity contribution >= 4 is 0 Å². The Morgan fingerprint density at radius 2 is 1.89 bits per heavy atom. The Kier molecular flexibility index (Phi) is 2.82. The first-order valence-electron chi connectivity index (χ1n) is 7.42. The lowest BCUT2D eigenvalue weighted by Crippen LogP contribution is -2.65. The minimum absolute atomic E-state index is 0.0790. The smallest absolute Gasteiger partial charge is 0.114 e. The first kappa shape index (κ1) is 12.9. The summed E-state index contributed by atoms with van der Waals surface area (Å²) in [4.78, 5) is 0. The molecule has 2 heterocycles. The first-order chi connectivity index (χ1) is 8.35. The van der Waals surface area contributed by atoms with Crippen LogP contribution >= 0.6 is 0 Å². The summed E-state index contributed by atoms with van der Waals surface area (Å²) in [6.07, 6.45) is 5.05. The quantitative estimate of drug-likeness (QED) is 0.820. The molecule has 1 N–H and O–H groups in total. The number of hydrogen-bond acceptors (Lipinski definition) is 3. The summed E-state index contributed by atoms with van der Waals surface area (Å²) in [6, 6.07) is 0.454. The van der Waals surface area contributed by atoms with Crippen LogP contribution in [0.3, 0.4) is 0 Å². The molecule has 2 aliphatic heterocycles. The molecule has 0 aromatic rings. The molecule has 3 aliphatic rings. The lowest BCUT2D eigenvalue weighted by Gasteiger charge is -2.48. The van der Waals surface area contributed by atoms with E-state index >= 15 is 0 Å². The van der Waals surface area contributed by atoms with Gasteiger partial charge in [0.15, 0.2) is 0 Å². The van der Waals surface area contributed by atoms with Gasteiger partial charge in [0.1, 0.15) is 5.60 Å². The summed E-state index contributed by atoms with van der Waals surface area (Å²) in [5, 5.41) is 3.71. The maximum absolute atomic E-state index is 6.33. The zero-order valence-corrected chi connectivity index (χ0v) is 12.2. The highest BCUT2D eigenvalue weighted by molar-refractivity contribution is 5.15. The van der Waals surface area contributed by atoms with Gasteiger partial charge in [0.25, 0.3) is 0 Å². The summed E-state index contributed by atoms with van der Waals surface area (Å²) in [5.41, 5.74) is -0.425. The van der Waals surface area contributed by atoms with E-state index in [1.54, 1.807) is 0 Å². The third-order valence-electron chi connectivity index (χ3n) is 4.92. The van der Waals surface area contributed by atoms with Crippen molar-refractivity contribution in [3.8, 4) is 0 Å². The molecule has 1 saturated carbocycles. The Morgan fingerprint density at radius 1 is 1.17 bits per heavy atom. The van der Waals surface area contributed by atoms with Crippen LogP contribution in [-0.2, 0) is 9.47 Å². The number of hydrogen-bond donors (Lipinski definition) is 1. The molecule has 0 aromatic carbocycles. The van der Waals surface area contributed by atoms with Crippen LogP contribution in [0.25, 0.3) is 0 Å². The second-order valence-corrected chi connectivity index (χ2v) is 7.47. The van der Waals surface area contributed by atoms with Gasteiger partial charge < -0.3 is 14.8 Å². The van der Waals surface area contributed by atoms with Crippen molar-refractivity contribution in [3.05, 3.63) is 0 Å². The highest BCUT2D eigenvalue weighted by Crippen LogP contribution is 2.52. The van der Waals surface area contributed by atoms with Gasteiger partial charge in [0.05, 0.1) is 17.8 Å². The van der Waals surface area contributed by atoms with E-state index in [1.807, 2.05) is 0 Å². The van der Waals surface area contributed by atoms with E-state index in [2.05, 4.69) is 33.0 Å². The molecule has 2 saturated heterocycles. The first-order valence-corrected chi connectivity index (χ1v) is 7.42. The van der Waals surface area contributed by atoms with Crippen LogP contribution in [0.2, 0.25) is 0 Å². The van der Waals surface area contributed by atoms with E-state index in [4.69, 9.17) is 9.47 Å². The lowest BCUT2D eigenvalue weighted by molar-refractivity contribution is -0.180. The molecule has 0 bridgehead atoms. The van der Waals surface area contributed by atoms with Gasteiger partial charge in [-0.25, -0.2) is 0 Å². The van der Waals surface area contributed by atoms with Gasteiger partial charge in [-0.15, -0.1) is 0 Å². The summed E-state index contributed by atoms with van der Waals surface area (Å²) in [7, 11) is 0. The Morgan fingerprint density at radius 3 is 2.44 bits per heavy atom. The van der Waals surface area contributed by atoms with Crippen LogP contribution in [0.1, 0.15) is 53.4 Å². The highest BCUT2D eigenvalue weighted by atomic mass is 16.6. The van der Waals surface area contributed by atoms with Gasteiger partial charge in [-0.05, 0) is 40.0 Å². The number of morpholine rings is 1. The van der Waals surface area contributed by atoms with Crippen LogP contribution in [-0.4, -0.2) is 36.0 Å². The summed E-state index contributed by atoms with van der Waals surface area (Å²) >= 11 is 0. The van der Waals surface area contributed by atoms with E-state index in [9.17, 15) is 0 Å². The molecule has 2 atom stereocenters. The molecule has 3 fully saturated rings. The van der Waals surface area contributed by atoms with E-state index < -0.39 is 0 Å². The molecule has 0 radical (unpaired) electrons. The fourth-order valence-electron chi connectivity index (χ4n) is 4.12. The topological polar surface area (TPSA) is 30.5 Å². The van der Waals surface area contributed by atoms with Crippen molar-refractivity contribution in [2.75, 3.05) is 13.2 Å². The summed E-state index contributed by atoms with van der Waals surface area (Å²) in [5.74, 6) is 0.917. The van der Waals surface area contributed by atoms with Crippen LogP contribution in [0.15, 0.2) is 0 Å². The van der Waals surface area contributed by atoms with Crippen molar-refractivity contribution < 1.29 is 9.47 Å². The monoisotopic (exact) mass is 253 g/mol. The van der Waals surface area contributed by atoms with Gasteiger partial charge in [0.2, 0.25) is 0 Å². The maximum atomic E-state index is 6.33. The average Bonchev–Trinajstić information content (AvgIpc) is 2.99. The zero-order valence-electron chi connectivity index (χ0n) is 12.2. The standard InChI is InChI=1S/C15H27NO2/c1-13(2)10-15(14(3,4)18-13)12(9-11-5-6-11)16-7-8-17-15/h11-12,16H,5-10H2,1-4H3. The van der Waals surface area contributed by atoms with Crippen molar-refractivity contribution in [1.29, 1.82) is 0 Å². The molecule has 3 nitrogen and oxygen atoms in total. The third-order valence-corrected chi connectivity index (χ3v) is 4.92. The molecule has 0 amide bonds. The fraction of sp³-hybridized carbons (Fsp3) is 1.00. The fourth-order valence-corrected chi connectivity index (χ4v) is 4.12. The summed E-state index contributed by atoms with van der Waals surface area (Å²) in [6.45, 7) is 10.6. The van der Waals surface area contributed by atoms with E-state index in [-0.39, 0.29) is 16.8 Å². The second-order valence-electron chi connectivity index (χ2n) is 7.47. The number of nitrogens with one attached hydrogen (secondary N) is 1. The molecule has 104 valence electrons. The predicted octanol–water partition coefficient (Wildman–Crippen LogP) is 2.49. The lowest BCUT2D eigenvalue weighted by atomic mass is 9.74. The number of ether oxygens (including phenoxy) is 2. The average molecular weight is 253 g/mol. The molecule has 3 rings (SSSR count). The normalized spacial score (nSPS) is 42.3. The minimum atomic E-state index is -0.205. The third kappa shape index (κ3) is 2.00. The van der Waals surface area contributed by atoms with E-state index in [0.717, 1.165) is 25.5 Å². The van der Waals surface area contributed by atoms with Gasteiger partial charge in [-0.3, -0.25) is 0 Å². The largest absolute Gasteiger partial charge is 0.369 e. The van der Waals surface area contributed by atoms with Crippen LogP contribution < -0.4 is 5.32 Å². The predicted molar refractivity (Wildman–Crippen MR) is 71.7 cm³/mol. The summed E-state index contributed by atoms with van der Waals surface area (Å²) < 4.78 is 12.6. The second kappa shape index (κ2) is 3.94. The zero-order chi connectivity index (χ0) is 13.0. The molecule has 2 unspecified atom stereocenters. The van der Waals surface area contributed by atoms with E-state index in [1.165, 1.54) is 19.3 Å². The van der Waals surface area contributed by atoms with Gasteiger partial charge in [-0.1, -0.05) is 12.8 Å². The van der Waals surface area contributed by atoms with Crippen molar-refractivity contribution in [3.63, 3.8) is 0 Å². The SMILES string of the molecule is CC1(C)CC2(OCCNC2CC2CC2)C(C)(C)O1. The Balaban J connectivity index is 1.88.